The molecule has 0 saturated carbocycles. The maximum absolute atomic E-state index is 13.4. The van der Waals surface area contributed by atoms with Gasteiger partial charge in [-0.25, -0.2) is 0 Å². The molecule has 1 N–H and O–H groups in total. The van der Waals surface area contributed by atoms with E-state index in [-0.39, 0.29) is 10.7 Å². The standard InChI is InChI=1S/C32H22ClN3O3S2/c33-24-14-7-12-22(18-24)28-27(26(37)17-16-20-8-2-1-3-9-20)29(38)30(39)36(28)31-34-35-32(41-31)40-19-23-13-6-11-21-10-4-5-15-25(21)23/h1-18,28,38H,19H2/b17-16+. The molecule has 0 radical (unpaired) electrons. The molecular formula is C32H22ClN3O3S2. The molecule has 41 heavy (non-hydrogen) atoms. The Morgan fingerprint density at radius 1 is 0.976 bits per heavy atom. The monoisotopic (exact) mass is 595 g/mol. The first-order valence-electron chi connectivity index (χ1n) is 12.7. The Morgan fingerprint density at radius 3 is 2.56 bits per heavy atom. The summed E-state index contributed by atoms with van der Waals surface area (Å²) in [7, 11) is 0. The molecular weight excluding hydrogens is 574 g/mol. The van der Waals surface area contributed by atoms with Crippen molar-refractivity contribution in [2.75, 3.05) is 4.90 Å². The van der Waals surface area contributed by atoms with Gasteiger partial charge in [0.25, 0.3) is 5.91 Å². The highest BCUT2D eigenvalue weighted by Gasteiger charge is 2.45. The first kappa shape index (κ1) is 27.0. The smallest absolute Gasteiger partial charge is 0.296 e. The van der Waals surface area contributed by atoms with Gasteiger partial charge < -0.3 is 5.11 Å². The lowest BCUT2D eigenvalue weighted by molar-refractivity contribution is -0.117. The van der Waals surface area contributed by atoms with Gasteiger partial charge in [-0.05, 0) is 45.7 Å². The van der Waals surface area contributed by atoms with Crippen LogP contribution in [0.25, 0.3) is 16.8 Å². The predicted octanol–water partition coefficient (Wildman–Crippen LogP) is 7.82. The number of allylic oxidation sites excluding steroid dienone is 1. The third kappa shape index (κ3) is 5.54. The maximum atomic E-state index is 13.4. The fourth-order valence-corrected chi connectivity index (χ4v) is 6.86. The molecule has 0 saturated heterocycles. The van der Waals surface area contributed by atoms with Crippen molar-refractivity contribution in [2.45, 2.75) is 16.1 Å². The van der Waals surface area contributed by atoms with Crippen LogP contribution in [-0.4, -0.2) is 27.0 Å². The first-order chi connectivity index (χ1) is 20.0. The van der Waals surface area contributed by atoms with Crippen molar-refractivity contribution in [2.24, 2.45) is 0 Å². The lowest BCUT2D eigenvalue weighted by atomic mass is 9.96. The molecule has 0 spiro atoms. The minimum absolute atomic E-state index is 0.0374. The highest BCUT2D eigenvalue weighted by Crippen LogP contribution is 2.44. The van der Waals surface area contributed by atoms with Crippen molar-refractivity contribution in [3.8, 4) is 0 Å². The van der Waals surface area contributed by atoms with Gasteiger partial charge in [0.05, 0.1) is 11.6 Å². The molecule has 1 amide bonds. The molecule has 6 rings (SSSR count). The number of fused-ring (bicyclic) bond motifs is 1. The predicted molar refractivity (Wildman–Crippen MR) is 165 cm³/mol. The molecule has 1 aliphatic heterocycles. The number of aromatic nitrogens is 2. The number of nitrogens with zero attached hydrogens (tertiary/aromatic N) is 3. The van der Waals surface area contributed by atoms with Crippen LogP contribution in [0.2, 0.25) is 5.02 Å². The highest BCUT2D eigenvalue weighted by atomic mass is 35.5. The molecule has 0 aliphatic carbocycles. The Balaban J connectivity index is 1.31. The Labute approximate surface area is 249 Å². The number of rotatable bonds is 8. The van der Waals surface area contributed by atoms with E-state index in [0.717, 1.165) is 16.5 Å². The summed E-state index contributed by atoms with van der Waals surface area (Å²) in [6.45, 7) is 0. The average molecular weight is 596 g/mol. The molecule has 4 aromatic carbocycles. The van der Waals surface area contributed by atoms with E-state index in [1.807, 2.05) is 48.5 Å². The molecule has 1 unspecified atom stereocenters. The normalized spacial score (nSPS) is 15.4. The van der Waals surface area contributed by atoms with Crippen molar-refractivity contribution >= 4 is 68.4 Å². The number of carbonyl (C=O) groups excluding carboxylic acids is 2. The quantitative estimate of drug-likeness (QED) is 0.112. The van der Waals surface area contributed by atoms with Gasteiger partial charge in [0, 0.05) is 10.8 Å². The molecule has 1 aliphatic rings. The summed E-state index contributed by atoms with van der Waals surface area (Å²) in [5, 5.41) is 22.6. The molecule has 9 heteroatoms. The van der Waals surface area contributed by atoms with Gasteiger partial charge >= 0.3 is 0 Å². The molecule has 1 atom stereocenters. The fraction of sp³-hybridized carbons (Fsp3) is 0.0625. The van der Waals surface area contributed by atoms with Gasteiger partial charge in [0.1, 0.15) is 0 Å². The summed E-state index contributed by atoms with van der Waals surface area (Å²) < 4.78 is 0.661. The van der Waals surface area contributed by atoms with E-state index in [1.165, 1.54) is 39.5 Å². The zero-order chi connectivity index (χ0) is 28.3. The Morgan fingerprint density at radius 2 is 1.73 bits per heavy atom. The molecule has 0 bridgehead atoms. The molecule has 202 valence electrons. The first-order valence-corrected chi connectivity index (χ1v) is 14.9. The second kappa shape index (κ2) is 11.7. The van der Waals surface area contributed by atoms with Crippen molar-refractivity contribution in [3.63, 3.8) is 0 Å². The number of ketones is 1. The topological polar surface area (TPSA) is 83.4 Å². The van der Waals surface area contributed by atoms with Crippen molar-refractivity contribution < 1.29 is 14.7 Å². The van der Waals surface area contributed by atoms with Gasteiger partial charge in [0.15, 0.2) is 15.9 Å². The van der Waals surface area contributed by atoms with E-state index in [9.17, 15) is 14.7 Å². The third-order valence-corrected chi connectivity index (χ3v) is 9.04. The van der Waals surface area contributed by atoms with Gasteiger partial charge in [-0.1, -0.05) is 126 Å². The molecule has 0 fully saturated rings. The van der Waals surface area contributed by atoms with Gasteiger partial charge in [-0.2, -0.15) is 0 Å². The van der Waals surface area contributed by atoms with Crippen LogP contribution in [0.3, 0.4) is 0 Å². The number of carbonyl (C=O) groups is 2. The number of aliphatic hydroxyl groups excluding tert-OH is 1. The summed E-state index contributed by atoms with van der Waals surface area (Å²) in [4.78, 5) is 28.2. The Kier molecular flexibility index (Phi) is 7.69. The van der Waals surface area contributed by atoms with E-state index in [2.05, 4.69) is 34.5 Å². The van der Waals surface area contributed by atoms with Crippen LogP contribution in [0.4, 0.5) is 5.13 Å². The lowest BCUT2D eigenvalue weighted by Gasteiger charge is -2.23. The van der Waals surface area contributed by atoms with Crippen LogP contribution in [0.15, 0.2) is 119 Å². The Hall–Kier alpha value is -4.24. The van der Waals surface area contributed by atoms with E-state index >= 15 is 0 Å². The maximum Gasteiger partial charge on any atom is 0.296 e. The number of amides is 1. The zero-order valence-electron chi connectivity index (χ0n) is 21.5. The summed E-state index contributed by atoms with van der Waals surface area (Å²) in [6.07, 6.45) is 3.01. The fourth-order valence-electron chi connectivity index (χ4n) is 4.79. The van der Waals surface area contributed by atoms with Crippen LogP contribution in [0.5, 0.6) is 0 Å². The minimum atomic E-state index is -0.919. The summed E-state index contributed by atoms with van der Waals surface area (Å²) >= 11 is 9.04. The van der Waals surface area contributed by atoms with Crippen molar-refractivity contribution in [1.29, 1.82) is 0 Å². The van der Waals surface area contributed by atoms with E-state index in [1.54, 1.807) is 30.3 Å². The van der Waals surface area contributed by atoms with Gasteiger partial charge in [-0.3, -0.25) is 14.5 Å². The zero-order valence-corrected chi connectivity index (χ0v) is 23.9. The van der Waals surface area contributed by atoms with E-state index in [0.29, 0.717) is 20.7 Å². The number of benzene rings is 4. The van der Waals surface area contributed by atoms with Crippen LogP contribution < -0.4 is 4.90 Å². The molecule has 1 aromatic heterocycles. The third-order valence-electron chi connectivity index (χ3n) is 6.70. The van der Waals surface area contributed by atoms with E-state index in [4.69, 9.17) is 11.6 Å². The van der Waals surface area contributed by atoms with E-state index < -0.39 is 23.5 Å². The van der Waals surface area contributed by atoms with Gasteiger partial charge in [0.2, 0.25) is 5.13 Å². The summed E-state index contributed by atoms with van der Waals surface area (Å²) in [5.41, 5.74) is 2.52. The lowest BCUT2D eigenvalue weighted by Crippen LogP contribution is -2.30. The van der Waals surface area contributed by atoms with Crippen molar-refractivity contribution in [1.82, 2.24) is 10.2 Å². The number of thioether (sulfide) groups is 1. The largest absolute Gasteiger partial charge is 0.503 e. The molecule has 2 heterocycles. The van der Waals surface area contributed by atoms with Crippen LogP contribution in [0.1, 0.15) is 22.7 Å². The van der Waals surface area contributed by atoms with Crippen molar-refractivity contribution in [3.05, 3.63) is 136 Å². The molecule has 6 nitrogen and oxygen atoms in total. The summed E-state index contributed by atoms with van der Waals surface area (Å²) in [5.74, 6) is -1.15. The average Bonchev–Trinajstić information content (AvgIpc) is 3.57. The number of anilines is 1. The number of halogens is 1. The SMILES string of the molecule is O=C(/C=C/c1ccccc1)C1=C(O)C(=O)N(c2nnc(SCc3cccc4ccccc34)s2)C1c1cccc(Cl)c1. The highest BCUT2D eigenvalue weighted by molar-refractivity contribution is 8.00. The van der Waals surface area contributed by atoms with Crippen LogP contribution in [-0.2, 0) is 15.3 Å². The second-order valence-corrected chi connectivity index (χ2v) is 11.9. The summed E-state index contributed by atoms with van der Waals surface area (Å²) in [6, 6.07) is 29.7. The van der Waals surface area contributed by atoms with Crippen LogP contribution in [0, 0.1) is 0 Å². The second-order valence-electron chi connectivity index (χ2n) is 9.28. The number of hydrogen-bond donors (Lipinski definition) is 1. The Bertz CT molecular complexity index is 1830. The van der Waals surface area contributed by atoms with Crippen LogP contribution >= 0.6 is 34.7 Å². The number of hydrogen-bond acceptors (Lipinski definition) is 7. The minimum Gasteiger partial charge on any atom is -0.503 e. The number of aliphatic hydroxyl groups is 1. The molecule has 5 aromatic rings. The van der Waals surface area contributed by atoms with Gasteiger partial charge in [-0.15, -0.1) is 10.2 Å².